The Labute approximate surface area is 125 Å². The fourth-order valence-electron chi connectivity index (χ4n) is 2.74. The van der Waals surface area contributed by atoms with E-state index in [1.165, 1.54) is 6.07 Å². The number of nitrogens with zero attached hydrogens (tertiary/aromatic N) is 1. The summed E-state index contributed by atoms with van der Waals surface area (Å²) in [5.41, 5.74) is 6.67. The van der Waals surface area contributed by atoms with Gasteiger partial charge in [-0.2, -0.15) is 0 Å². The Morgan fingerprint density at radius 1 is 1.43 bits per heavy atom. The van der Waals surface area contributed by atoms with Gasteiger partial charge in [-0.1, -0.05) is 6.07 Å². The largest absolute Gasteiger partial charge is 0.330 e. The van der Waals surface area contributed by atoms with E-state index < -0.39 is 0 Å². The van der Waals surface area contributed by atoms with Gasteiger partial charge in [0.2, 0.25) is 5.91 Å². The Hall–Kier alpha value is -1.46. The minimum atomic E-state index is -0.296. The lowest BCUT2D eigenvalue weighted by Gasteiger charge is -2.31. The molecule has 21 heavy (non-hydrogen) atoms. The highest BCUT2D eigenvalue weighted by Gasteiger charge is 2.20. The Morgan fingerprint density at radius 2 is 2.14 bits per heavy atom. The minimum Gasteiger partial charge on any atom is -0.330 e. The molecule has 1 heterocycles. The lowest BCUT2D eigenvalue weighted by Crippen LogP contribution is -2.39. The van der Waals surface area contributed by atoms with Gasteiger partial charge in [0, 0.05) is 5.69 Å². The number of nitrogens with two attached hydrogens (primary N) is 1. The summed E-state index contributed by atoms with van der Waals surface area (Å²) in [6.07, 6.45) is 3.27. The highest BCUT2D eigenvalue weighted by atomic mass is 19.1. The standard InChI is InChI=1S/C16H24FN3O/c1-12-2-3-14(10-15(12)17)19-16(21)11-20-8-5-13(4-7-18)6-9-20/h2-3,10,13H,4-9,11,18H2,1H3,(H,19,21). The average molecular weight is 293 g/mol. The average Bonchev–Trinajstić information content (AvgIpc) is 2.45. The first-order valence-electron chi connectivity index (χ1n) is 7.57. The van der Waals surface area contributed by atoms with Gasteiger partial charge in [-0.25, -0.2) is 4.39 Å². The Morgan fingerprint density at radius 3 is 2.76 bits per heavy atom. The number of hydrogen-bond donors (Lipinski definition) is 2. The first-order valence-corrected chi connectivity index (χ1v) is 7.57. The molecule has 4 nitrogen and oxygen atoms in total. The molecule has 1 aromatic rings. The van der Waals surface area contributed by atoms with Gasteiger partial charge in [0.05, 0.1) is 6.54 Å². The van der Waals surface area contributed by atoms with E-state index in [2.05, 4.69) is 10.2 Å². The lowest BCUT2D eigenvalue weighted by molar-refractivity contribution is -0.117. The van der Waals surface area contributed by atoms with Crippen LogP contribution in [0.5, 0.6) is 0 Å². The van der Waals surface area contributed by atoms with Crippen LogP contribution in [0, 0.1) is 18.7 Å². The van der Waals surface area contributed by atoms with Gasteiger partial charge < -0.3 is 11.1 Å². The van der Waals surface area contributed by atoms with Crippen molar-refractivity contribution >= 4 is 11.6 Å². The Balaban J connectivity index is 1.78. The lowest BCUT2D eigenvalue weighted by atomic mass is 9.94. The zero-order valence-corrected chi connectivity index (χ0v) is 12.6. The third-order valence-electron chi connectivity index (χ3n) is 4.10. The molecule has 0 radical (unpaired) electrons. The second kappa shape index (κ2) is 7.52. The summed E-state index contributed by atoms with van der Waals surface area (Å²) in [5, 5.41) is 2.75. The number of aryl methyl sites for hydroxylation is 1. The molecule has 0 aromatic heterocycles. The molecule has 1 amide bonds. The number of hydrogen-bond acceptors (Lipinski definition) is 3. The maximum Gasteiger partial charge on any atom is 0.238 e. The summed E-state index contributed by atoms with van der Waals surface area (Å²) >= 11 is 0. The van der Waals surface area contributed by atoms with Crippen LogP contribution in [0.25, 0.3) is 0 Å². The van der Waals surface area contributed by atoms with Crippen LogP contribution in [-0.4, -0.2) is 37.0 Å². The van der Waals surface area contributed by atoms with Gasteiger partial charge in [-0.3, -0.25) is 9.69 Å². The minimum absolute atomic E-state index is 0.0875. The number of rotatable bonds is 5. The number of likely N-dealkylation sites (tertiary alicyclic amines) is 1. The molecular formula is C16H24FN3O. The highest BCUT2D eigenvalue weighted by molar-refractivity contribution is 5.92. The summed E-state index contributed by atoms with van der Waals surface area (Å²) in [6, 6.07) is 4.76. The van der Waals surface area contributed by atoms with Crippen molar-refractivity contribution in [3.8, 4) is 0 Å². The fraction of sp³-hybridized carbons (Fsp3) is 0.562. The normalized spacial score (nSPS) is 16.9. The number of amides is 1. The van der Waals surface area contributed by atoms with Crippen LogP contribution in [0.1, 0.15) is 24.8 Å². The molecule has 0 bridgehead atoms. The van der Waals surface area contributed by atoms with Crippen molar-refractivity contribution in [3.63, 3.8) is 0 Å². The van der Waals surface area contributed by atoms with Crippen molar-refractivity contribution in [2.24, 2.45) is 11.7 Å². The van der Waals surface area contributed by atoms with Gasteiger partial charge in [0.1, 0.15) is 5.82 Å². The van der Waals surface area contributed by atoms with Crippen molar-refractivity contribution in [2.75, 3.05) is 31.5 Å². The van der Waals surface area contributed by atoms with E-state index in [-0.39, 0.29) is 11.7 Å². The predicted octanol–water partition coefficient (Wildman–Crippen LogP) is 2.13. The summed E-state index contributed by atoms with van der Waals surface area (Å²) in [7, 11) is 0. The molecule has 1 aliphatic rings. The molecule has 0 aliphatic carbocycles. The van der Waals surface area contributed by atoms with E-state index in [1.54, 1.807) is 19.1 Å². The Kier molecular flexibility index (Phi) is 5.70. The van der Waals surface area contributed by atoms with Gasteiger partial charge in [-0.15, -0.1) is 0 Å². The molecule has 0 spiro atoms. The molecule has 3 N–H and O–H groups in total. The van der Waals surface area contributed by atoms with Crippen molar-refractivity contribution in [2.45, 2.75) is 26.2 Å². The van der Waals surface area contributed by atoms with E-state index in [1.807, 2.05) is 0 Å². The molecule has 1 saturated heterocycles. The first-order chi connectivity index (χ1) is 10.1. The van der Waals surface area contributed by atoms with Crippen molar-refractivity contribution in [1.82, 2.24) is 4.90 Å². The van der Waals surface area contributed by atoms with Crippen LogP contribution in [0.3, 0.4) is 0 Å². The third-order valence-corrected chi connectivity index (χ3v) is 4.10. The first kappa shape index (κ1) is 15.9. The third kappa shape index (κ3) is 4.79. The maximum atomic E-state index is 13.4. The molecule has 1 aliphatic heterocycles. The zero-order chi connectivity index (χ0) is 15.2. The number of carbonyl (C=O) groups excluding carboxylic acids is 1. The number of piperidine rings is 1. The fourth-order valence-corrected chi connectivity index (χ4v) is 2.74. The van der Waals surface area contributed by atoms with Crippen LogP contribution in [0.4, 0.5) is 10.1 Å². The van der Waals surface area contributed by atoms with Gasteiger partial charge in [0.25, 0.3) is 0 Å². The quantitative estimate of drug-likeness (QED) is 0.874. The van der Waals surface area contributed by atoms with Crippen LogP contribution >= 0.6 is 0 Å². The highest BCUT2D eigenvalue weighted by Crippen LogP contribution is 2.19. The van der Waals surface area contributed by atoms with E-state index in [4.69, 9.17) is 5.73 Å². The Bertz CT molecular complexity index is 484. The molecule has 1 fully saturated rings. The number of carbonyl (C=O) groups is 1. The van der Waals surface area contributed by atoms with Crippen LogP contribution in [0.2, 0.25) is 0 Å². The smallest absolute Gasteiger partial charge is 0.238 e. The molecule has 2 rings (SSSR count). The molecule has 116 valence electrons. The van der Waals surface area contributed by atoms with Crippen molar-refractivity contribution in [1.29, 1.82) is 0 Å². The van der Waals surface area contributed by atoms with E-state index in [0.29, 0.717) is 23.7 Å². The van der Waals surface area contributed by atoms with E-state index in [0.717, 1.165) is 38.9 Å². The predicted molar refractivity (Wildman–Crippen MR) is 82.6 cm³/mol. The second-order valence-electron chi connectivity index (χ2n) is 5.81. The number of halogens is 1. The van der Waals surface area contributed by atoms with Crippen molar-refractivity contribution < 1.29 is 9.18 Å². The SMILES string of the molecule is Cc1ccc(NC(=O)CN2CCC(CCN)CC2)cc1F. The second-order valence-corrected chi connectivity index (χ2v) is 5.81. The van der Waals surface area contributed by atoms with Crippen LogP contribution < -0.4 is 11.1 Å². The van der Waals surface area contributed by atoms with Crippen LogP contribution in [0.15, 0.2) is 18.2 Å². The number of anilines is 1. The number of benzene rings is 1. The van der Waals surface area contributed by atoms with E-state index in [9.17, 15) is 9.18 Å². The summed E-state index contributed by atoms with van der Waals surface area (Å²) in [4.78, 5) is 14.1. The molecule has 1 aromatic carbocycles. The maximum absolute atomic E-state index is 13.4. The topological polar surface area (TPSA) is 58.4 Å². The molecule has 5 heteroatoms. The van der Waals surface area contributed by atoms with E-state index >= 15 is 0 Å². The summed E-state index contributed by atoms with van der Waals surface area (Å²) in [6.45, 7) is 4.67. The summed E-state index contributed by atoms with van der Waals surface area (Å²) in [5.74, 6) is 0.312. The molecule has 0 saturated carbocycles. The molecular weight excluding hydrogens is 269 g/mol. The molecule has 0 atom stereocenters. The summed E-state index contributed by atoms with van der Waals surface area (Å²) < 4.78 is 13.4. The van der Waals surface area contributed by atoms with Gasteiger partial charge in [-0.05, 0) is 69.4 Å². The van der Waals surface area contributed by atoms with Gasteiger partial charge in [0.15, 0.2) is 0 Å². The zero-order valence-electron chi connectivity index (χ0n) is 12.6. The van der Waals surface area contributed by atoms with Crippen LogP contribution in [-0.2, 0) is 4.79 Å². The number of nitrogens with one attached hydrogen (secondary N) is 1. The van der Waals surface area contributed by atoms with Crippen molar-refractivity contribution in [3.05, 3.63) is 29.6 Å². The monoisotopic (exact) mass is 293 g/mol. The van der Waals surface area contributed by atoms with Gasteiger partial charge >= 0.3 is 0 Å². The molecule has 0 unspecified atom stereocenters.